The third-order valence-electron chi connectivity index (χ3n) is 2.93. The summed E-state index contributed by atoms with van der Waals surface area (Å²) in [6.07, 6.45) is 1.21. The van der Waals surface area contributed by atoms with Crippen LogP contribution in [0.4, 0.5) is 14.5 Å². The highest BCUT2D eigenvalue weighted by molar-refractivity contribution is 6.04. The Balaban J connectivity index is 1.77. The number of rotatable bonds is 3. The number of hydrogen-bond acceptors (Lipinski definition) is 4. The van der Waals surface area contributed by atoms with Gasteiger partial charge in [0.25, 0.3) is 5.91 Å². The fourth-order valence-electron chi connectivity index (χ4n) is 1.87. The summed E-state index contributed by atoms with van der Waals surface area (Å²) in [4.78, 5) is 11.9. The molecule has 22 heavy (non-hydrogen) atoms. The van der Waals surface area contributed by atoms with E-state index in [1.54, 1.807) is 24.3 Å². The molecular weight excluding hydrogens is 292 g/mol. The molecule has 0 radical (unpaired) electrons. The molecule has 1 amide bonds. The summed E-state index contributed by atoms with van der Waals surface area (Å²) in [5.74, 6) is -1.97. The quantitative estimate of drug-likeness (QED) is 0.806. The van der Waals surface area contributed by atoms with E-state index >= 15 is 0 Å². The molecule has 0 unspecified atom stereocenters. The predicted octanol–water partition coefficient (Wildman–Crippen LogP) is 3.27. The molecule has 0 aliphatic heterocycles. The highest BCUT2D eigenvalue weighted by Gasteiger charge is 2.13. The van der Waals surface area contributed by atoms with E-state index in [1.165, 1.54) is 6.39 Å². The van der Waals surface area contributed by atoms with E-state index < -0.39 is 17.5 Å². The second-order valence-corrected chi connectivity index (χ2v) is 4.40. The molecule has 0 aliphatic carbocycles. The maximum atomic E-state index is 13.5. The van der Waals surface area contributed by atoms with E-state index in [1.807, 2.05) is 0 Å². The predicted molar refractivity (Wildman–Crippen MR) is 74.0 cm³/mol. The fraction of sp³-hybridized carbons (Fsp3) is 0. The van der Waals surface area contributed by atoms with Gasteiger partial charge in [-0.2, -0.15) is 0 Å². The van der Waals surface area contributed by atoms with Gasteiger partial charge in [0.05, 0.1) is 5.56 Å². The number of aromatic nitrogens is 2. The third kappa shape index (κ3) is 2.83. The van der Waals surface area contributed by atoms with Crippen molar-refractivity contribution in [2.75, 3.05) is 5.32 Å². The molecule has 2 aromatic carbocycles. The number of nitrogens with zero attached hydrogens (tertiary/aromatic N) is 2. The second-order valence-electron chi connectivity index (χ2n) is 4.40. The summed E-state index contributed by atoms with van der Waals surface area (Å²) in [6.45, 7) is 0. The minimum atomic E-state index is -0.917. The molecule has 1 heterocycles. The first kappa shape index (κ1) is 13.9. The van der Waals surface area contributed by atoms with Crippen molar-refractivity contribution in [3.05, 3.63) is 66.1 Å². The molecule has 0 saturated heterocycles. The highest BCUT2D eigenvalue weighted by atomic mass is 19.1. The molecule has 1 aromatic heterocycles. The summed E-state index contributed by atoms with van der Waals surface area (Å²) < 4.78 is 31.4. The van der Waals surface area contributed by atoms with Gasteiger partial charge in [-0.1, -0.05) is 0 Å². The minimum absolute atomic E-state index is 0.234. The van der Waals surface area contributed by atoms with Crippen molar-refractivity contribution in [1.82, 2.24) is 10.2 Å². The van der Waals surface area contributed by atoms with Gasteiger partial charge in [0, 0.05) is 17.3 Å². The molecule has 0 aliphatic rings. The third-order valence-corrected chi connectivity index (χ3v) is 2.93. The zero-order valence-electron chi connectivity index (χ0n) is 11.1. The first-order valence-corrected chi connectivity index (χ1v) is 6.26. The number of carbonyl (C=O) groups excluding carboxylic acids is 1. The molecule has 1 N–H and O–H groups in total. The molecule has 3 aromatic rings. The molecule has 5 nitrogen and oxygen atoms in total. The smallest absolute Gasteiger partial charge is 0.258 e. The summed E-state index contributed by atoms with van der Waals surface area (Å²) in [5, 5.41) is 9.85. The SMILES string of the molecule is O=C(Nc1ccc(-c2nnco2)cc1)c1ccc(F)cc1F. The van der Waals surface area contributed by atoms with E-state index in [0.29, 0.717) is 23.2 Å². The summed E-state index contributed by atoms with van der Waals surface area (Å²) >= 11 is 0. The summed E-state index contributed by atoms with van der Waals surface area (Å²) in [7, 11) is 0. The topological polar surface area (TPSA) is 68.0 Å². The fourth-order valence-corrected chi connectivity index (χ4v) is 1.87. The van der Waals surface area contributed by atoms with Crippen molar-refractivity contribution >= 4 is 11.6 Å². The van der Waals surface area contributed by atoms with Crippen LogP contribution in [-0.4, -0.2) is 16.1 Å². The van der Waals surface area contributed by atoms with Crippen LogP contribution < -0.4 is 5.32 Å². The molecule has 110 valence electrons. The van der Waals surface area contributed by atoms with Gasteiger partial charge in [0.1, 0.15) is 11.6 Å². The van der Waals surface area contributed by atoms with Crippen molar-refractivity contribution in [2.45, 2.75) is 0 Å². The first-order chi connectivity index (χ1) is 10.6. The van der Waals surface area contributed by atoms with Gasteiger partial charge in [-0.25, -0.2) is 8.78 Å². The summed E-state index contributed by atoms with van der Waals surface area (Å²) in [6, 6.07) is 9.34. The van der Waals surface area contributed by atoms with Crippen molar-refractivity contribution in [3.8, 4) is 11.5 Å². The van der Waals surface area contributed by atoms with E-state index in [9.17, 15) is 13.6 Å². The van der Waals surface area contributed by atoms with E-state index in [-0.39, 0.29) is 5.56 Å². The molecule has 0 saturated carbocycles. The zero-order chi connectivity index (χ0) is 15.5. The molecule has 0 spiro atoms. The normalized spacial score (nSPS) is 10.5. The van der Waals surface area contributed by atoms with Gasteiger partial charge in [-0.3, -0.25) is 4.79 Å². The van der Waals surface area contributed by atoms with Crippen molar-refractivity contribution in [1.29, 1.82) is 0 Å². The molecule has 0 atom stereocenters. The van der Waals surface area contributed by atoms with Crippen LogP contribution in [0, 0.1) is 11.6 Å². The van der Waals surface area contributed by atoms with Crippen LogP contribution in [0.1, 0.15) is 10.4 Å². The number of nitrogens with one attached hydrogen (secondary N) is 1. The lowest BCUT2D eigenvalue weighted by molar-refractivity contribution is 0.102. The van der Waals surface area contributed by atoms with Gasteiger partial charge in [0.2, 0.25) is 12.3 Å². The highest BCUT2D eigenvalue weighted by Crippen LogP contribution is 2.19. The van der Waals surface area contributed by atoms with E-state index in [4.69, 9.17) is 4.42 Å². The maximum Gasteiger partial charge on any atom is 0.258 e. The number of anilines is 1. The van der Waals surface area contributed by atoms with Crippen molar-refractivity contribution in [2.24, 2.45) is 0 Å². The first-order valence-electron chi connectivity index (χ1n) is 6.26. The Kier molecular flexibility index (Phi) is 3.61. The van der Waals surface area contributed by atoms with Gasteiger partial charge in [-0.05, 0) is 36.4 Å². The number of carbonyl (C=O) groups is 1. The molecule has 0 fully saturated rings. The lowest BCUT2D eigenvalue weighted by Gasteiger charge is -2.06. The van der Waals surface area contributed by atoms with Crippen molar-refractivity contribution < 1.29 is 18.0 Å². The largest absolute Gasteiger partial charge is 0.423 e. The van der Waals surface area contributed by atoms with Crippen LogP contribution in [-0.2, 0) is 0 Å². The van der Waals surface area contributed by atoms with Gasteiger partial charge in [-0.15, -0.1) is 10.2 Å². The van der Waals surface area contributed by atoms with Crippen LogP contribution in [0.25, 0.3) is 11.5 Å². The molecule has 7 heteroatoms. The monoisotopic (exact) mass is 301 g/mol. The standard InChI is InChI=1S/C15H9F2N3O2/c16-10-3-6-12(13(17)7-10)14(21)19-11-4-1-9(2-5-11)15-20-18-8-22-15/h1-8H,(H,19,21). The summed E-state index contributed by atoms with van der Waals surface area (Å²) in [5.41, 5.74) is 0.905. The Labute approximate surface area is 123 Å². The number of hydrogen-bond donors (Lipinski definition) is 1. The Morgan fingerprint density at radius 2 is 1.86 bits per heavy atom. The maximum absolute atomic E-state index is 13.5. The van der Waals surface area contributed by atoms with Crippen LogP contribution in [0.3, 0.4) is 0 Å². The van der Waals surface area contributed by atoms with Crippen molar-refractivity contribution in [3.63, 3.8) is 0 Å². The Bertz CT molecular complexity index is 802. The van der Waals surface area contributed by atoms with E-state index in [0.717, 1.165) is 12.1 Å². The minimum Gasteiger partial charge on any atom is -0.423 e. The Hall–Kier alpha value is -3.09. The van der Waals surface area contributed by atoms with Crippen LogP contribution in [0.5, 0.6) is 0 Å². The molecular formula is C15H9F2N3O2. The number of halogens is 2. The molecule has 0 bridgehead atoms. The Morgan fingerprint density at radius 3 is 2.50 bits per heavy atom. The van der Waals surface area contributed by atoms with E-state index in [2.05, 4.69) is 15.5 Å². The number of benzene rings is 2. The van der Waals surface area contributed by atoms with Crippen LogP contribution >= 0.6 is 0 Å². The Morgan fingerprint density at radius 1 is 1.09 bits per heavy atom. The zero-order valence-corrected chi connectivity index (χ0v) is 11.1. The van der Waals surface area contributed by atoms with Gasteiger partial charge >= 0.3 is 0 Å². The molecule has 3 rings (SSSR count). The lowest BCUT2D eigenvalue weighted by Crippen LogP contribution is -2.13. The lowest BCUT2D eigenvalue weighted by atomic mass is 10.1. The average molecular weight is 301 g/mol. The van der Waals surface area contributed by atoms with Crippen LogP contribution in [0.2, 0.25) is 0 Å². The van der Waals surface area contributed by atoms with Gasteiger partial charge < -0.3 is 9.73 Å². The second kappa shape index (κ2) is 5.72. The number of amides is 1. The average Bonchev–Trinajstić information content (AvgIpc) is 3.02. The van der Waals surface area contributed by atoms with Crippen LogP contribution in [0.15, 0.2) is 53.3 Å². The van der Waals surface area contributed by atoms with Gasteiger partial charge in [0.15, 0.2) is 0 Å².